The van der Waals surface area contributed by atoms with Crippen molar-refractivity contribution in [3.63, 3.8) is 0 Å². The number of halogens is 1. The van der Waals surface area contributed by atoms with Crippen LogP contribution in [0.5, 0.6) is 0 Å². The first kappa shape index (κ1) is 14.4. The quantitative estimate of drug-likeness (QED) is 0.846. The molecule has 1 amide bonds. The summed E-state index contributed by atoms with van der Waals surface area (Å²) in [5, 5.41) is 3.32. The molecule has 0 bridgehead atoms. The van der Waals surface area contributed by atoms with E-state index in [1.807, 2.05) is 38.1 Å². The van der Waals surface area contributed by atoms with E-state index in [4.69, 9.17) is 17.3 Å². The Morgan fingerprint density at radius 2 is 1.90 bits per heavy atom. The molecule has 0 aliphatic heterocycles. The SMILES string of the molecule is Cc1ccccc1CC(=O)Nc1cc(Cl)c(N)cc1C. The minimum Gasteiger partial charge on any atom is -0.398 e. The largest absolute Gasteiger partial charge is 0.398 e. The zero-order valence-corrected chi connectivity index (χ0v) is 12.3. The third kappa shape index (κ3) is 3.31. The van der Waals surface area contributed by atoms with Gasteiger partial charge in [-0.3, -0.25) is 4.79 Å². The van der Waals surface area contributed by atoms with Crippen LogP contribution in [-0.2, 0) is 11.2 Å². The molecule has 0 aromatic heterocycles. The van der Waals surface area contributed by atoms with Crippen LogP contribution >= 0.6 is 11.6 Å². The van der Waals surface area contributed by atoms with Gasteiger partial charge in [-0.1, -0.05) is 35.9 Å². The number of hydrogen-bond acceptors (Lipinski definition) is 2. The van der Waals surface area contributed by atoms with Crippen molar-refractivity contribution in [2.45, 2.75) is 20.3 Å². The molecule has 0 spiro atoms. The van der Waals surface area contributed by atoms with Crippen molar-refractivity contribution in [1.29, 1.82) is 0 Å². The standard InChI is InChI=1S/C16H17ClN2O/c1-10-5-3-4-6-12(10)8-16(20)19-15-9-13(17)14(18)7-11(15)2/h3-7,9H,8,18H2,1-2H3,(H,19,20). The first-order valence-corrected chi connectivity index (χ1v) is 6.75. The molecule has 0 unspecified atom stereocenters. The molecule has 2 aromatic rings. The zero-order valence-electron chi connectivity index (χ0n) is 11.5. The fourth-order valence-corrected chi connectivity index (χ4v) is 2.18. The van der Waals surface area contributed by atoms with Gasteiger partial charge in [0.2, 0.25) is 5.91 Å². The Morgan fingerprint density at radius 1 is 1.20 bits per heavy atom. The van der Waals surface area contributed by atoms with Crippen LogP contribution < -0.4 is 11.1 Å². The van der Waals surface area contributed by atoms with Crippen LogP contribution in [0.15, 0.2) is 36.4 Å². The van der Waals surface area contributed by atoms with E-state index < -0.39 is 0 Å². The van der Waals surface area contributed by atoms with Gasteiger partial charge in [-0.05, 0) is 42.7 Å². The molecule has 0 heterocycles. The van der Waals surface area contributed by atoms with E-state index in [-0.39, 0.29) is 5.91 Å². The maximum absolute atomic E-state index is 12.1. The summed E-state index contributed by atoms with van der Waals surface area (Å²) in [6, 6.07) is 11.3. The van der Waals surface area contributed by atoms with Crippen LogP contribution in [-0.4, -0.2) is 5.91 Å². The summed E-state index contributed by atoms with van der Waals surface area (Å²) in [7, 11) is 0. The summed E-state index contributed by atoms with van der Waals surface area (Å²) < 4.78 is 0. The van der Waals surface area contributed by atoms with E-state index in [9.17, 15) is 4.79 Å². The fraction of sp³-hybridized carbons (Fsp3) is 0.188. The molecule has 0 saturated heterocycles. The van der Waals surface area contributed by atoms with Crippen molar-refractivity contribution < 1.29 is 4.79 Å². The number of benzene rings is 2. The zero-order chi connectivity index (χ0) is 14.7. The molecular weight excluding hydrogens is 272 g/mol. The van der Waals surface area contributed by atoms with Crippen LogP contribution in [0.2, 0.25) is 5.02 Å². The van der Waals surface area contributed by atoms with Gasteiger partial charge in [-0.25, -0.2) is 0 Å². The highest BCUT2D eigenvalue weighted by Gasteiger charge is 2.09. The van der Waals surface area contributed by atoms with Crippen LogP contribution in [0, 0.1) is 13.8 Å². The molecule has 0 aliphatic rings. The lowest BCUT2D eigenvalue weighted by atomic mass is 10.1. The van der Waals surface area contributed by atoms with Crippen molar-refractivity contribution in [2.24, 2.45) is 0 Å². The van der Waals surface area contributed by atoms with Crippen molar-refractivity contribution in [3.8, 4) is 0 Å². The number of aryl methyl sites for hydroxylation is 2. The summed E-state index contributed by atoms with van der Waals surface area (Å²) >= 11 is 5.98. The van der Waals surface area contributed by atoms with Gasteiger partial charge in [0.05, 0.1) is 17.1 Å². The average Bonchev–Trinajstić information content (AvgIpc) is 2.39. The van der Waals surface area contributed by atoms with Gasteiger partial charge in [0.25, 0.3) is 0 Å². The lowest BCUT2D eigenvalue weighted by molar-refractivity contribution is -0.115. The smallest absolute Gasteiger partial charge is 0.228 e. The normalized spacial score (nSPS) is 10.3. The predicted octanol–water partition coefficient (Wildman–Crippen LogP) is 3.72. The number of amides is 1. The number of rotatable bonds is 3. The number of carbonyl (C=O) groups is 1. The molecule has 2 aromatic carbocycles. The second kappa shape index (κ2) is 5.97. The lowest BCUT2D eigenvalue weighted by Crippen LogP contribution is -2.16. The maximum Gasteiger partial charge on any atom is 0.228 e. The van der Waals surface area contributed by atoms with Gasteiger partial charge >= 0.3 is 0 Å². The van der Waals surface area contributed by atoms with Crippen LogP contribution in [0.1, 0.15) is 16.7 Å². The molecule has 0 atom stereocenters. The number of hydrogen-bond donors (Lipinski definition) is 2. The summed E-state index contributed by atoms with van der Waals surface area (Å²) in [6.45, 7) is 3.88. The van der Waals surface area contributed by atoms with Crippen molar-refractivity contribution in [1.82, 2.24) is 0 Å². The van der Waals surface area contributed by atoms with E-state index in [2.05, 4.69) is 5.32 Å². The average molecular weight is 289 g/mol. The number of nitrogen functional groups attached to an aromatic ring is 1. The third-order valence-electron chi connectivity index (χ3n) is 3.23. The Balaban J connectivity index is 2.13. The van der Waals surface area contributed by atoms with E-state index in [0.29, 0.717) is 22.8 Å². The summed E-state index contributed by atoms with van der Waals surface area (Å²) in [6.07, 6.45) is 0.341. The Hall–Kier alpha value is -2.00. The number of carbonyl (C=O) groups excluding carboxylic acids is 1. The topological polar surface area (TPSA) is 55.1 Å². The summed E-state index contributed by atoms with van der Waals surface area (Å²) in [4.78, 5) is 12.1. The monoisotopic (exact) mass is 288 g/mol. The third-order valence-corrected chi connectivity index (χ3v) is 3.56. The van der Waals surface area contributed by atoms with Gasteiger partial charge in [0, 0.05) is 5.69 Å². The molecule has 3 N–H and O–H groups in total. The molecule has 0 radical (unpaired) electrons. The molecule has 104 valence electrons. The van der Waals surface area contributed by atoms with Gasteiger partial charge in [-0.15, -0.1) is 0 Å². The summed E-state index contributed by atoms with van der Waals surface area (Å²) in [5.74, 6) is -0.0664. The number of nitrogens with two attached hydrogens (primary N) is 1. The van der Waals surface area contributed by atoms with E-state index >= 15 is 0 Å². The van der Waals surface area contributed by atoms with Gasteiger partial charge < -0.3 is 11.1 Å². The van der Waals surface area contributed by atoms with Gasteiger partial charge in [-0.2, -0.15) is 0 Å². The second-order valence-electron chi connectivity index (χ2n) is 4.84. The lowest BCUT2D eigenvalue weighted by Gasteiger charge is -2.11. The van der Waals surface area contributed by atoms with Gasteiger partial charge in [0.1, 0.15) is 0 Å². The molecular formula is C16H17ClN2O. The molecule has 4 heteroatoms. The molecule has 3 nitrogen and oxygen atoms in total. The van der Waals surface area contributed by atoms with Crippen molar-refractivity contribution >= 4 is 28.9 Å². The van der Waals surface area contributed by atoms with Crippen LogP contribution in [0.25, 0.3) is 0 Å². The highest BCUT2D eigenvalue weighted by Crippen LogP contribution is 2.26. The highest BCUT2D eigenvalue weighted by atomic mass is 35.5. The maximum atomic E-state index is 12.1. The molecule has 20 heavy (non-hydrogen) atoms. The Bertz CT molecular complexity index is 653. The molecule has 0 aliphatic carbocycles. The van der Waals surface area contributed by atoms with Crippen LogP contribution in [0.3, 0.4) is 0 Å². The Morgan fingerprint density at radius 3 is 2.60 bits per heavy atom. The van der Waals surface area contributed by atoms with E-state index in [1.165, 1.54) is 0 Å². The number of nitrogens with one attached hydrogen (secondary N) is 1. The second-order valence-corrected chi connectivity index (χ2v) is 5.25. The first-order chi connectivity index (χ1) is 9.47. The van der Waals surface area contributed by atoms with Crippen LogP contribution in [0.4, 0.5) is 11.4 Å². The Labute approximate surface area is 123 Å². The van der Waals surface area contributed by atoms with E-state index in [0.717, 1.165) is 16.7 Å². The fourth-order valence-electron chi connectivity index (χ4n) is 2.01. The van der Waals surface area contributed by atoms with Gasteiger partial charge in [0.15, 0.2) is 0 Å². The van der Waals surface area contributed by atoms with E-state index in [1.54, 1.807) is 12.1 Å². The molecule has 0 saturated carbocycles. The molecule has 0 fully saturated rings. The Kier molecular flexibility index (Phi) is 4.30. The first-order valence-electron chi connectivity index (χ1n) is 6.37. The van der Waals surface area contributed by atoms with Crippen molar-refractivity contribution in [2.75, 3.05) is 11.1 Å². The summed E-state index contributed by atoms with van der Waals surface area (Å²) in [5.41, 5.74) is 9.95. The highest BCUT2D eigenvalue weighted by molar-refractivity contribution is 6.33. The minimum absolute atomic E-state index is 0.0664. The predicted molar refractivity (Wildman–Crippen MR) is 84.1 cm³/mol. The molecule has 2 rings (SSSR count). The minimum atomic E-state index is -0.0664. The number of anilines is 2. The van der Waals surface area contributed by atoms with Crippen molar-refractivity contribution in [3.05, 3.63) is 58.1 Å².